The highest BCUT2D eigenvalue weighted by Crippen LogP contribution is 2.26. The van der Waals surface area contributed by atoms with Gasteiger partial charge in [0.15, 0.2) is 11.4 Å². The Morgan fingerprint density at radius 2 is 2.12 bits per heavy atom. The summed E-state index contributed by atoms with van der Waals surface area (Å²) in [7, 11) is 0. The number of aryl methyl sites for hydroxylation is 2. The van der Waals surface area contributed by atoms with Gasteiger partial charge in [0.05, 0.1) is 18.0 Å². The Kier molecular flexibility index (Phi) is 4.12. The molecule has 2 heterocycles. The minimum Gasteiger partial charge on any atom is -0.506 e. The van der Waals surface area contributed by atoms with E-state index in [-0.39, 0.29) is 11.7 Å². The van der Waals surface area contributed by atoms with E-state index < -0.39 is 0 Å². The van der Waals surface area contributed by atoms with E-state index in [2.05, 4.69) is 10.3 Å². The number of fused-ring (bicyclic) bond motifs is 1. The first kappa shape index (κ1) is 15.9. The highest BCUT2D eigenvalue weighted by atomic mass is 16.5. The van der Waals surface area contributed by atoms with Crippen molar-refractivity contribution in [1.82, 2.24) is 9.38 Å². The molecule has 0 aliphatic heterocycles. The molecule has 24 heavy (non-hydrogen) atoms. The summed E-state index contributed by atoms with van der Waals surface area (Å²) >= 11 is 0. The molecule has 0 atom stereocenters. The summed E-state index contributed by atoms with van der Waals surface area (Å²) in [6.45, 7) is 6.08. The number of carbonyl (C=O) groups excluding carboxylic acids is 1. The van der Waals surface area contributed by atoms with Crippen molar-refractivity contribution in [2.24, 2.45) is 0 Å². The van der Waals surface area contributed by atoms with Crippen LogP contribution in [0, 0.1) is 13.8 Å². The maximum absolute atomic E-state index is 12.7. The van der Waals surface area contributed by atoms with Gasteiger partial charge in [0, 0.05) is 6.20 Å². The molecule has 0 radical (unpaired) electrons. The molecule has 6 nitrogen and oxygen atoms in total. The number of benzene rings is 1. The van der Waals surface area contributed by atoms with Crippen LogP contribution in [-0.4, -0.2) is 27.0 Å². The van der Waals surface area contributed by atoms with E-state index in [0.717, 1.165) is 5.56 Å². The van der Waals surface area contributed by atoms with Crippen LogP contribution in [0.1, 0.15) is 28.7 Å². The Hall–Kier alpha value is -3.02. The fourth-order valence-electron chi connectivity index (χ4n) is 2.63. The van der Waals surface area contributed by atoms with Gasteiger partial charge < -0.3 is 15.2 Å². The van der Waals surface area contributed by atoms with Crippen LogP contribution in [-0.2, 0) is 0 Å². The molecule has 0 aliphatic carbocycles. The molecule has 6 heteroatoms. The summed E-state index contributed by atoms with van der Waals surface area (Å²) in [5, 5.41) is 12.7. The molecule has 1 aromatic carbocycles. The number of amides is 1. The third-order valence-corrected chi connectivity index (χ3v) is 3.70. The van der Waals surface area contributed by atoms with E-state index in [9.17, 15) is 9.90 Å². The number of nitrogens with zero attached hydrogens (tertiary/aromatic N) is 2. The Morgan fingerprint density at radius 1 is 1.33 bits per heavy atom. The molecular formula is C18H19N3O3. The maximum atomic E-state index is 12.7. The third kappa shape index (κ3) is 2.78. The number of phenolic OH excluding ortho intramolecular Hbond substituents is 1. The average molecular weight is 325 g/mol. The first-order valence-corrected chi connectivity index (χ1v) is 7.72. The predicted molar refractivity (Wildman–Crippen MR) is 91.9 cm³/mol. The van der Waals surface area contributed by atoms with Gasteiger partial charge in [-0.2, -0.15) is 0 Å². The van der Waals surface area contributed by atoms with Crippen molar-refractivity contribution in [3.05, 3.63) is 53.5 Å². The number of imidazole rings is 1. The molecule has 124 valence electrons. The summed E-state index contributed by atoms with van der Waals surface area (Å²) in [6.07, 6.45) is 1.77. The van der Waals surface area contributed by atoms with E-state index in [1.807, 2.05) is 19.9 Å². The van der Waals surface area contributed by atoms with Gasteiger partial charge in [-0.25, -0.2) is 4.98 Å². The second kappa shape index (κ2) is 6.23. The van der Waals surface area contributed by atoms with Crippen LogP contribution in [0.3, 0.4) is 0 Å². The van der Waals surface area contributed by atoms with Crippen molar-refractivity contribution in [3.8, 4) is 11.5 Å². The minimum atomic E-state index is -0.338. The fraction of sp³-hybridized carbons (Fsp3) is 0.222. The fourth-order valence-corrected chi connectivity index (χ4v) is 2.63. The van der Waals surface area contributed by atoms with E-state index in [1.165, 1.54) is 0 Å². The number of rotatable bonds is 4. The van der Waals surface area contributed by atoms with Gasteiger partial charge in [0.1, 0.15) is 11.4 Å². The van der Waals surface area contributed by atoms with E-state index in [1.54, 1.807) is 41.8 Å². The number of pyridine rings is 1. The molecule has 0 bridgehead atoms. The summed E-state index contributed by atoms with van der Waals surface area (Å²) < 4.78 is 7.26. The van der Waals surface area contributed by atoms with Crippen LogP contribution in [0.25, 0.3) is 5.65 Å². The monoisotopic (exact) mass is 325 g/mol. The normalized spacial score (nSPS) is 10.8. The molecule has 0 unspecified atom stereocenters. The zero-order valence-electron chi connectivity index (χ0n) is 13.8. The lowest BCUT2D eigenvalue weighted by Gasteiger charge is -2.09. The van der Waals surface area contributed by atoms with Crippen molar-refractivity contribution in [2.45, 2.75) is 20.8 Å². The number of aromatic nitrogens is 2. The molecule has 2 N–H and O–H groups in total. The van der Waals surface area contributed by atoms with E-state index >= 15 is 0 Å². The molecule has 0 fully saturated rings. The summed E-state index contributed by atoms with van der Waals surface area (Å²) in [4.78, 5) is 17.2. The Bertz CT molecular complexity index is 915. The summed E-state index contributed by atoms with van der Waals surface area (Å²) in [5.74, 6) is 0.311. The van der Waals surface area contributed by atoms with Crippen LogP contribution in [0.2, 0.25) is 0 Å². The van der Waals surface area contributed by atoms with Crippen molar-refractivity contribution in [2.75, 3.05) is 11.9 Å². The molecule has 2 aromatic heterocycles. The number of anilines is 1. The lowest BCUT2D eigenvalue weighted by molar-refractivity contribution is 0.102. The van der Waals surface area contributed by atoms with Crippen LogP contribution < -0.4 is 10.1 Å². The molecule has 0 aliphatic rings. The highest BCUT2D eigenvalue weighted by molar-refractivity contribution is 6.05. The lowest BCUT2D eigenvalue weighted by Crippen LogP contribution is -2.15. The molecule has 0 spiro atoms. The number of aromatic hydroxyl groups is 1. The smallest absolute Gasteiger partial charge is 0.274 e. The lowest BCUT2D eigenvalue weighted by atomic mass is 10.2. The number of nitrogens with one attached hydrogen (secondary N) is 1. The molecule has 3 aromatic rings. The Labute approximate surface area is 139 Å². The second-order valence-electron chi connectivity index (χ2n) is 5.52. The van der Waals surface area contributed by atoms with Gasteiger partial charge in [0.2, 0.25) is 0 Å². The van der Waals surface area contributed by atoms with Gasteiger partial charge in [-0.3, -0.25) is 9.20 Å². The van der Waals surface area contributed by atoms with Gasteiger partial charge in [0.25, 0.3) is 5.91 Å². The number of hydrogen-bond donors (Lipinski definition) is 2. The quantitative estimate of drug-likeness (QED) is 0.722. The number of hydrogen-bond acceptors (Lipinski definition) is 4. The van der Waals surface area contributed by atoms with Crippen LogP contribution in [0.5, 0.6) is 11.5 Å². The average Bonchev–Trinajstić information content (AvgIpc) is 2.88. The van der Waals surface area contributed by atoms with Crippen LogP contribution in [0.4, 0.5) is 5.69 Å². The van der Waals surface area contributed by atoms with Crippen LogP contribution in [0.15, 0.2) is 36.5 Å². The number of carbonyl (C=O) groups is 1. The minimum absolute atomic E-state index is 0.0235. The zero-order valence-corrected chi connectivity index (χ0v) is 13.8. The van der Waals surface area contributed by atoms with Gasteiger partial charge in [-0.05, 0) is 50.6 Å². The number of ether oxygens (including phenoxy) is 1. The molecule has 0 saturated heterocycles. The van der Waals surface area contributed by atoms with E-state index in [0.29, 0.717) is 35.1 Å². The maximum Gasteiger partial charge on any atom is 0.274 e. The topological polar surface area (TPSA) is 75.9 Å². The highest BCUT2D eigenvalue weighted by Gasteiger charge is 2.19. The summed E-state index contributed by atoms with van der Waals surface area (Å²) in [6, 6.07) is 8.68. The van der Waals surface area contributed by atoms with Gasteiger partial charge >= 0.3 is 0 Å². The second-order valence-corrected chi connectivity index (χ2v) is 5.52. The van der Waals surface area contributed by atoms with Crippen LogP contribution >= 0.6 is 0 Å². The zero-order chi connectivity index (χ0) is 17.3. The van der Waals surface area contributed by atoms with Crippen molar-refractivity contribution >= 4 is 17.2 Å². The molecule has 3 rings (SSSR count). The van der Waals surface area contributed by atoms with Gasteiger partial charge in [-0.15, -0.1) is 0 Å². The molecule has 1 amide bonds. The first-order valence-electron chi connectivity index (χ1n) is 7.72. The Balaban J connectivity index is 2.02. The summed E-state index contributed by atoms with van der Waals surface area (Å²) in [5.41, 5.74) is 2.90. The predicted octanol–water partition coefficient (Wildman–Crippen LogP) is 3.31. The van der Waals surface area contributed by atoms with Crippen molar-refractivity contribution in [3.63, 3.8) is 0 Å². The number of phenols is 1. The SMILES string of the molecule is CCOc1cccn2c(C(=O)Nc3cc(C)ccc3O)c(C)nc12. The van der Waals surface area contributed by atoms with Crippen molar-refractivity contribution < 1.29 is 14.6 Å². The van der Waals surface area contributed by atoms with Crippen molar-refractivity contribution in [1.29, 1.82) is 0 Å². The first-order chi connectivity index (χ1) is 11.5. The van der Waals surface area contributed by atoms with E-state index in [4.69, 9.17) is 4.74 Å². The largest absolute Gasteiger partial charge is 0.506 e. The Morgan fingerprint density at radius 3 is 2.88 bits per heavy atom. The molecular weight excluding hydrogens is 306 g/mol. The third-order valence-electron chi connectivity index (χ3n) is 3.70. The standard InChI is InChI=1S/C18H19N3O3/c1-4-24-15-6-5-9-21-16(12(3)19-17(15)21)18(23)20-13-10-11(2)7-8-14(13)22/h5-10,22H,4H2,1-3H3,(H,20,23). The molecule has 0 saturated carbocycles. The van der Waals surface area contributed by atoms with Gasteiger partial charge in [-0.1, -0.05) is 6.07 Å².